The lowest BCUT2D eigenvalue weighted by molar-refractivity contribution is -0.127. The van der Waals surface area contributed by atoms with Crippen molar-refractivity contribution in [2.45, 2.75) is 17.4 Å². The van der Waals surface area contributed by atoms with Gasteiger partial charge in [0.1, 0.15) is 16.4 Å². The number of ether oxygens (including phenoxy) is 2. The first-order chi connectivity index (χ1) is 17.7. The fourth-order valence-corrected chi connectivity index (χ4v) is 5.09. The number of benzene rings is 3. The van der Waals surface area contributed by atoms with Crippen molar-refractivity contribution in [3.05, 3.63) is 83.9 Å². The van der Waals surface area contributed by atoms with E-state index in [4.69, 9.17) is 9.47 Å². The Morgan fingerprint density at radius 1 is 1.05 bits per heavy atom. The van der Waals surface area contributed by atoms with Gasteiger partial charge in [0.25, 0.3) is 11.8 Å². The molecule has 9 nitrogen and oxygen atoms in total. The molecule has 1 N–H and O–H groups in total. The van der Waals surface area contributed by atoms with E-state index in [1.54, 1.807) is 24.3 Å². The minimum atomic E-state index is -3.88. The summed E-state index contributed by atoms with van der Waals surface area (Å²) in [5, 5.41) is 2.88. The molecular weight excluding hydrogens is 494 g/mol. The third-order valence-corrected chi connectivity index (χ3v) is 7.87. The van der Waals surface area contributed by atoms with Crippen LogP contribution >= 0.6 is 0 Å². The molecule has 37 heavy (non-hydrogen) atoms. The van der Waals surface area contributed by atoms with Crippen molar-refractivity contribution in [3.8, 4) is 11.5 Å². The molecule has 4 rings (SSSR count). The molecule has 2 amide bonds. The monoisotopic (exact) mass is 523 g/mol. The number of anilines is 1. The second-order valence-corrected chi connectivity index (χ2v) is 10.8. The van der Waals surface area contributed by atoms with Gasteiger partial charge in [-0.05, 0) is 42.3 Å². The molecule has 0 spiro atoms. The number of nitrogens with zero attached hydrogens (tertiary/aromatic N) is 2. The number of fused-ring (bicyclic) bond motifs is 1. The van der Waals surface area contributed by atoms with Crippen LogP contribution in [-0.2, 0) is 21.2 Å². The fraction of sp³-hybridized carbons (Fsp3) is 0.259. The smallest absolute Gasteiger partial charge is 0.262 e. The molecule has 0 fully saturated rings. The maximum absolute atomic E-state index is 13.7. The highest BCUT2D eigenvalue weighted by atomic mass is 32.2. The predicted molar refractivity (Wildman–Crippen MR) is 140 cm³/mol. The number of sulfonamides is 1. The van der Waals surface area contributed by atoms with E-state index in [2.05, 4.69) is 5.32 Å². The molecule has 0 radical (unpaired) electrons. The summed E-state index contributed by atoms with van der Waals surface area (Å²) in [6.45, 7) is 0.386. The van der Waals surface area contributed by atoms with Crippen molar-refractivity contribution in [1.29, 1.82) is 0 Å². The first kappa shape index (κ1) is 26.2. The van der Waals surface area contributed by atoms with Gasteiger partial charge in [-0.25, -0.2) is 12.7 Å². The Kier molecular flexibility index (Phi) is 7.80. The number of amides is 2. The highest BCUT2D eigenvalue weighted by Crippen LogP contribution is 2.35. The Balaban J connectivity index is 1.58. The van der Waals surface area contributed by atoms with E-state index in [-0.39, 0.29) is 28.7 Å². The minimum absolute atomic E-state index is 0.0329. The highest BCUT2D eigenvalue weighted by Gasteiger charge is 2.35. The molecule has 1 heterocycles. The molecule has 1 unspecified atom stereocenters. The van der Waals surface area contributed by atoms with E-state index in [0.717, 1.165) is 9.87 Å². The Morgan fingerprint density at radius 2 is 1.76 bits per heavy atom. The molecule has 1 atom stereocenters. The first-order valence-electron chi connectivity index (χ1n) is 11.7. The molecule has 0 bridgehead atoms. The van der Waals surface area contributed by atoms with Gasteiger partial charge in [0.2, 0.25) is 10.0 Å². The third-order valence-electron chi connectivity index (χ3n) is 6.04. The Morgan fingerprint density at radius 3 is 2.46 bits per heavy atom. The van der Waals surface area contributed by atoms with E-state index in [0.29, 0.717) is 24.4 Å². The minimum Gasteiger partial charge on any atom is -0.495 e. The summed E-state index contributed by atoms with van der Waals surface area (Å²) in [5.41, 5.74) is 1.73. The van der Waals surface area contributed by atoms with Crippen molar-refractivity contribution >= 4 is 27.5 Å². The van der Waals surface area contributed by atoms with Gasteiger partial charge >= 0.3 is 0 Å². The van der Waals surface area contributed by atoms with Crippen LogP contribution in [0.4, 0.5) is 5.69 Å². The summed E-state index contributed by atoms with van der Waals surface area (Å²) in [4.78, 5) is 28.0. The first-order valence-corrected chi connectivity index (χ1v) is 13.2. The fourth-order valence-electron chi connectivity index (χ4n) is 4.02. The third kappa shape index (κ3) is 5.60. The van der Waals surface area contributed by atoms with Gasteiger partial charge in [-0.2, -0.15) is 0 Å². The van der Waals surface area contributed by atoms with E-state index >= 15 is 0 Å². The van der Waals surface area contributed by atoms with Crippen molar-refractivity contribution in [1.82, 2.24) is 9.62 Å². The second-order valence-electron chi connectivity index (χ2n) is 8.67. The predicted octanol–water partition coefficient (Wildman–Crippen LogP) is 2.71. The lowest BCUT2D eigenvalue weighted by Gasteiger charge is -2.34. The van der Waals surface area contributed by atoms with Crippen LogP contribution in [0.1, 0.15) is 15.9 Å². The molecule has 0 saturated heterocycles. The molecule has 0 aromatic heterocycles. The zero-order chi connectivity index (χ0) is 26.6. The number of carbonyl (C=O) groups excluding carboxylic acids is 2. The van der Waals surface area contributed by atoms with Crippen molar-refractivity contribution in [2.75, 3.05) is 39.2 Å². The second kappa shape index (κ2) is 11.0. The normalized spacial score (nSPS) is 15.0. The average molecular weight is 524 g/mol. The van der Waals surface area contributed by atoms with Crippen LogP contribution in [0.3, 0.4) is 0 Å². The van der Waals surface area contributed by atoms with Crippen LogP contribution < -0.4 is 19.7 Å². The number of carbonyl (C=O) groups is 2. The molecule has 0 aliphatic carbocycles. The van der Waals surface area contributed by atoms with E-state index in [1.165, 1.54) is 44.3 Å². The van der Waals surface area contributed by atoms with Crippen LogP contribution in [0, 0.1) is 0 Å². The van der Waals surface area contributed by atoms with E-state index < -0.39 is 22.0 Å². The molecule has 1 aliphatic heterocycles. The van der Waals surface area contributed by atoms with Gasteiger partial charge in [-0.3, -0.25) is 9.59 Å². The molecule has 194 valence electrons. The quantitative estimate of drug-likeness (QED) is 0.487. The SMILES string of the molecule is COc1ccc(C(=O)N2CC(C(=O)NCCc3ccccc3)Oc3ccccc32)cc1S(=O)(=O)N(C)C. The Hall–Kier alpha value is -3.89. The number of methoxy groups -OCH3 is 1. The largest absolute Gasteiger partial charge is 0.495 e. The van der Waals surface area contributed by atoms with Gasteiger partial charge < -0.3 is 19.7 Å². The van der Waals surface area contributed by atoms with Crippen molar-refractivity contribution in [2.24, 2.45) is 0 Å². The highest BCUT2D eigenvalue weighted by molar-refractivity contribution is 7.89. The maximum Gasteiger partial charge on any atom is 0.262 e. The van der Waals surface area contributed by atoms with Crippen LogP contribution in [0.5, 0.6) is 11.5 Å². The van der Waals surface area contributed by atoms with Crippen LogP contribution in [0.25, 0.3) is 0 Å². The Bertz CT molecular complexity index is 1390. The molecule has 3 aromatic carbocycles. The molecule has 3 aromatic rings. The van der Waals surface area contributed by atoms with Crippen LogP contribution in [0.15, 0.2) is 77.7 Å². The van der Waals surface area contributed by atoms with Crippen molar-refractivity contribution in [3.63, 3.8) is 0 Å². The number of rotatable bonds is 8. The number of nitrogens with one attached hydrogen (secondary N) is 1. The van der Waals surface area contributed by atoms with Gasteiger partial charge in [-0.1, -0.05) is 42.5 Å². The molecule has 0 saturated carbocycles. The van der Waals surface area contributed by atoms with Gasteiger partial charge in [0.05, 0.1) is 19.3 Å². The summed E-state index contributed by atoms with van der Waals surface area (Å²) in [5.74, 6) is -0.284. The van der Waals surface area contributed by atoms with Crippen molar-refractivity contribution < 1.29 is 27.5 Å². The summed E-state index contributed by atoms with van der Waals surface area (Å²) < 4.78 is 37.9. The summed E-state index contributed by atoms with van der Waals surface area (Å²) in [6, 6.07) is 21.0. The molecular formula is C27H29N3O6S. The Labute approximate surface area is 216 Å². The van der Waals surface area contributed by atoms with Gasteiger partial charge in [0, 0.05) is 26.2 Å². The summed E-state index contributed by atoms with van der Waals surface area (Å²) in [7, 11) is 0.301. The number of hydrogen-bond donors (Lipinski definition) is 1. The zero-order valence-corrected chi connectivity index (χ0v) is 21.7. The lowest BCUT2D eigenvalue weighted by Crippen LogP contribution is -2.51. The lowest BCUT2D eigenvalue weighted by atomic mass is 10.1. The number of para-hydroxylation sites is 2. The zero-order valence-electron chi connectivity index (χ0n) is 20.9. The standard InChI is InChI=1S/C27H29N3O6S/c1-29(2)37(33,34)25-17-20(13-14-23(25)35-3)27(32)30-18-24(36-22-12-8-7-11-21(22)30)26(31)28-16-15-19-9-5-4-6-10-19/h4-14,17,24H,15-16,18H2,1-3H3,(H,28,31). The van der Waals surface area contributed by atoms with E-state index in [1.807, 2.05) is 30.3 Å². The van der Waals surface area contributed by atoms with Crippen LogP contribution in [-0.4, -0.2) is 64.9 Å². The topological polar surface area (TPSA) is 105 Å². The molecule has 1 aliphatic rings. The van der Waals surface area contributed by atoms with Gasteiger partial charge in [0.15, 0.2) is 6.10 Å². The average Bonchev–Trinajstić information content (AvgIpc) is 2.92. The maximum atomic E-state index is 13.7. The molecule has 10 heteroatoms. The van der Waals surface area contributed by atoms with Crippen LogP contribution in [0.2, 0.25) is 0 Å². The number of hydrogen-bond acceptors (Lipinski definition) is 6. The summed E-state index contributed by atoms with van der Waals surface area (Å²) >= 11 is 0. The van der Waals surface area contributed by atoms with Gasteiger partial charge in [-0.15, -0.1) is 0 Å². The van der Waals surface area contributed by atoms with E-state index in [9.17, 15) is 18.0 Å². The summed E-state index contributed by atoms with van der Waals surface area (Å²) in [6.07, 6.45) is -0.272.